The zero-order chi connectivity index (χ0) is 24.2. The topological polar surface area (TPSA) is 81.5 Å². The van der Waals surface area contributed by atoms with E-state index in [0.717, 1.165) is 48.6 Å². The van der Waals surface area contributed by atoms with Crippen molar-refractivity contribution in [1.29, 1.82) is 0 Å². The third-order valence-corrected chi connectivity index (χ3v) is 7.06. The summed E-state index contributed by atoms with van der Waals surface area (Å²) in [5.41, 5.74) is 3.31. The van der Waals surface area contributed by atoms with Gasteiger partial charge in [-0.15, -0.1) is 10.2 Å². The summed E-state index contributed by atoms with van der Waals surface area (Å²) in [5, 5.41) is 11.9. The van der Waals surface area contributed by atoms with E-state index in [1.54, 1.807) is 14.2 Å². The molecule has 0 saturated heterocycles. The van der Waals surface area contributed by atoms with E-state index in [1.165, 1.54) is 18.4 Å². The number of carbonyl (C=O) groups is 1. The van der Waals surface area contributed by atoms with Gasteiger partial charge in [-0.3, -0.25) is 0 Å². The molecule has 2 amide bonds. The number of ether oxygens (including phenoxy) is 2. The van der Waals surface area contributed by atoms with Gasteiger partial charge < -0.3 is 24.3 Å². The largest absolute Gasteiger partial charge is 0.493 e. The third kappa shape index (κ3) is 4.70. The molecule has 1 unspecified atom stereocenters. The monoisotopic (exact) mass is 475 g/mol. The molecule has 0 aliphatic carbocycles. The number of carbonyl (C=O) groups excluding carboxylic acids is 1. The van der Waals surface area contributed by atoms with Gasteiger partial charge in [0, 0.05) is 32.5 Å². The van der Waals surface area contributed by atoms with Crippen LogP contribution in [0.2, 0.25) is 0 Å². The van der Waals surface area contributed by atoms with E-state index in [-0.39, 0.29) is 12.1 Å². The van der Waals surface area contributed by atoms with Crippen LogP contribution in [0.1, 0.15) is 53.6 Å². The molecule has 1 atom stereocenters. The van der Waals surface area contributed by atoms with Crippen LogP contribution in [0, 0.1) is 0 Å². The van der Waals surface area contributed by atoms with Gasteiger partial charge in [-0.2, -0.15) is 0 Å². The second-order valence-electron chi connectivity index (χ2n) is 9.14. The van der Waals surface area contributed by atoms with Crippen molar-refractivity contribution in [2.24, 2.45) is 0 Å². The van der Waals surface area contributed by atoms with Crippen molar-refractivity contribution < 1.29 is 14.3 Å². The van der Waals surface area contributed by atoms with Crippen molar-refractivity contribution in [3.8, 4) is 11.5 Å². The standard InChI is InChI=1S/C27H33N5O3/c1-34-22-17-20-13-16-32(26(19-9-5-3-6-10-19)21(20)18-23(22)35-2)27(33)28-14-12-25-30-29-24-11-7-4-8-15-31(24)25/h3,5-6,9-10,17-18,26H,4,7-8,11-16H2,1-2H3,(H,28,33). The predicted octanol–water partition coefficient (Wildman–Crippen LogP) is 3.92. The second-order valence-corrected chi connectivity index (χ2v) is 9.14. The number of aryl methyl sites for hydroxylation is 1. The highest BCUT2D eigenvalue weighted by Crippen LogP contribution is 2.41. The maximum atomic E-state index is 13.5. The minimum atomic E-state index is -0.205. The van der Waals surface area contributed by atoms with Gasteiger partial charge in [-0.25, -0.2) is 4.79 Å². The fourth-order valence-electron chi connectivity index (χ4n) is 5.27. The average Bonchev–Trinajstić information content (AvgIpc) is 3.12. The Labute approximate surface area is 206 Å². The molecule has 2 aromatic carbocycles. The van der Waals surface area contributed by atoms with Gasteiger partial charge in [0.15, 0.2) is 11.5 Å². The van der Waals surface area contributed by atoms with E-state index in [9.17, 15) is 4.79 Å². The Bertz CT molecular complexity index is 1180. The van der Waals surface area contributed by atoms with Crippen LogP contribution in [0.5, 0.6) is 11.5 Å². The van der Waals surface area contributed by atoms with E-state index < -0.39 is 0 Å². The molecule has 8 heteroatoms. The lowest BCUT2D eigenvalue weighted by molar-refractivity contribution is 0.180. The molecule has 0 fully saturated rings. The van der Waals surface area contributed by atoms with Crippen molar-refractivity contribution in [2.45, 2.75) is 51.1 Å². The number of fused-ring (bicyclic) bond motifs is 2. The molecule has 0 bridgehead atoms. The number of hydrogen-bond acceptors (Lipinski definition) is 5. The summed E-state index contributed by atoms with van der Waals surface area (Å²) in [5.74, 6) is 3.41. The molecule has 0 saturated carbocycles. The van der Waals surface area contributed by atoms with Gasteiger partial charge in [0.25, 0.3) is 0 Å². The highest BCUT2D eigenvalue weighted by Gasteiger charge is 2.33. The number of hydrogen-bond donors (Lipinski definition) is 1. The zero-order valence-corrected chi connectivity index (χ0v) is 20.5. The maximum Gasteiger partial charge on any atom is 0.318 e. The molecule has 2 aliphatic rings. The van der Waals surface area contributed by atoms with E-state index in [4.69, 9.17) is 9.47 Å². The lowest BCUT2D eigenvalue weighted by atomic mass is 9.88. The fourth-order valence-corrected chi connectivity index (χ4v) is 5.27. The zero-order valence-electron chi connectivity index (χ0n) is 20.5. The van der Waals surface area contributed by atoms with Crippen molar-refractivity contribution >= 4 is 6.03 Å². The lowest BCUT2D eigenvalue weighted by Crippen LogP contribution is -2.46. The first kappa shape index (κ1) is 23.2. The maximum absolute atomic E-state index is 13.5. The minimum Gasteiger partial charge on any atom is -0.493 e. The quantitative estimate of drug-likeness (QED) is 0.584. The Hall–Kier alpha value is -3.55. The number of nitrogens with one attached hydrogen (secondary N) is 1. The molecule has 3 heterocycles. The van der Waals surface area contributed by atoms with Gasteiger partial charge >= 0.3 is 6.03 Å². The lowest BCUT2D eigenvalue weighted by Gasteiger charge is -2.38. The number of amides is 2. The van der Waals surface area contributed by atoms with Crippen LogP contribution in [0.25, 0.3) is 0 Å². The highest BCUT2D eigenvalue weighted by atomic mass is 16.5. The first-order valence-corrected chi connectivity index (χ1v) is 12.4. The number of nitrogens with zero attached hydrogens (tertiary/aromatic N) is 4. The molecular weight excluding hydrogens is 442 g/mol. The Morgan fingerprint density at radius 2 is 1.80 bits per heavy atom. The molecule has 5 rings (SSSR count). The highest BCUT2D eigenvalue weighted by molar-refractivity contribution is 5.76. The van der Waals surface area contributed by atoms with Crippen molar-refractivity contribution in [3.05, 3.63) is 70.8 Å². The molecule has 1 aromatic heterocycles. The summed E-state index contributed by atoms with van der Waals surface area (Å²) in [7, 11) is 3.29. The molecule has 184 valence electrons. The summed E-state index contributed by atoms with van der Waals surface area (Å²) in [6.07, 6.45) is 5.97. The first-order chi connectivity index (χ1) is 17.2. The minimum absolute atomic E-state index is 0.0742. The van der Waals surface area contributed by atoms with Crippen molar-refractivity contribution in [1.82, 2.24) is 25.0 Å². The number of benzene rings is 2. The summed E-state index contributed by atoms with van der Waals surface area (Å²) in [6, 6.07) is 13.9. The molecule has 3 aromatic rings. The number of rotatable bonds is 6. The van der Waals surface area contributed by atoms with Gasteiger partial charge in [0.1, 0.15) is 11.6 Å². The Balaban J connectivity index is 1.36. The molecule has 2 aliphatic heterocycles. The molecule has 0 radical (unpaired) electrons. The Kier molecular flexibility index (Phi) is 6.88. The first-order valence-electron chi connectivity index (χ1n) is 12.4. The van der Waals surface area contributed by atoms with Crippen LogP contribution in [-0.4, -0.2) is 53.0 Å². The van der Waals surface area contributed by atoms with Crippen LogP contribution >= 0.6 is 0 Å². The van der Waals surface area contributed by atoms with Crippen LogP contribution in [0.4, 0.5) is 4.79 Å². The predicted molar refractivity (Wildman–Crippen MR) is 133 cm³/mol. The fraction of sp³-hybridized carbons (Fsp3) is 0.444. The average molecular weight is 476 g/mol. The number of aromatic nitrogens is 3. The second kappa shape index (κ2) is 10.4. The van der Waals surface area contributed by atoms with E-state index in [1.807, 2.05) is 35.2 Å². The van der Waals surface area contributed by atoms with Crippen LogP contribution in [-0.2, 0) is 25.8 Å². The van der Waals surface area contributed by atoms with E-state index >= 15 is 0 Å². The smallest absolute Gasteiger partial charge is 0.318 e. The number of methoxy groups -OCH3 is 2. The Morgan fingerprint density at radius 3 is 2.60 bits per heavy atom. The molecule has 35 heavy (non-hydrogen) atoms. The van der Waals surface area contributed by atoms with Gasteiger partial charge in [-0.1, -0.05) is 36.8 Å². The van der Waals surface area contributed by atoms with Crippen molar-refractivity contribution in [2.75, 3.05) is 27.3 Å². The molecule has 0 spiro atoms. The van der Waals surface area contributed by atoms with Crippen LogP contribution in [0.15, 0.2) is 42.5 Å². The summed E-state index contributed by atoms with van der Waals surface area (Å²) in [6.45, 7) is 2.11. The van der Waals surface area contributed by atoms with E-state index in [0.29, 0.717) is 31.0 Å². The van der Waals surface area contributed by atoms with Gasteiger partial charge in [0.2, 0.25) is 0 Å². The van der Waals surface area contributed by atoms with Crippen LogP contribution < -0.4 is 14.8 Å². The van der Waals surface area contributed by atoms with Gasteiger partial charge in [0.05, 0.1) is 20.3 Å². The van der Waals surface area contributed by atoms with Crippen molar-refractivity contribution in [3.63, 3.8) is 0 Å². The summed E-state index contributed by atoms with van der Waals surface area (Å²) in [4.78, 5) is 15.4. The normalized spacial score (nSPS) is 17.2. The van der Waals surface area contributed by atoms with Crippen LogP contribution in [0.3, 0.4) is 0 Å². The summed E-state index contributed by atoms with van der Waals surface area (Å²) < 4.78 is 13.3. The van der Waals surface area contributed by atoms with Gasteiger partial charge in [-0.05, 0) is 48.1 Å². The molecule has 8 nitrogen and oxygen atoms in total. The molecular formula is C27H33N5O3. The number of urea groups is 1. The Morgan fingerprint density at radius 1 is 1.00 bits per heavy atom. The summed E-state index contributed by atoms with van der Waals surface area (Å²) >= 11 is 0. The SMILES string of the molecule is COc1cc2c(cc1OC)C(c1ccccc1)N(C(=O)NCCc1nnc3n1CCCCC3)CC2. The third-order valence-electron chi connectivity index (χ3n) is 7.06. The van der Waals surface area contributed by atoms with E-state index in [2.05, 4.69) is 32.2 Å². The molecule has 1 N–H and O–H groups in total.